The third-order valence-electron chi connectivity index (χ3n) is 5.85. The molecule has 10 nitrogen and oxygen atoms in total. The van der Waals surface area contributed by atoms with E-state index >= 15 is 4.39 Å². The van der Waals surface area contributed by atoms with Gasteiger partial charge in [-0.3, -0.25) is 9.59 Å². The van der Waals surface area contributed by atoms with Crippen LogP contribution in [0.5, 0.6) is 0 Å². The number of benzene rings is 2. The average molecular weight is 487 g/mol. The second-order valence-electron chi connectivity index (χ2n) is 8.21. The maximum atomic E-state index is 15.2. The fraction of sp³-hybridized carbons (Fsp3) is 0.160. The molecule has 3 heterocycles. The van der Waals surface area contributed by atoms with Crippen LogP contribution in [0.2, 0.25) is 0 Å². The molecule has 1 aliphatic heterocycles. The van der Waals surface area contributed by atoms with Crippen LogP contribution in [0.25, 0.3) is 27.9 Å². The summed E-state index contributed by atoms with van der Waals surface area (Å²) in [5, 5.41) is 14.2. The Balaban J connectivity index is 1.56. The highest BCUT2D eigenvalue weighted by Crippen LogP contribution is 2.37. The summed E-state index contributed by atoms with van der Waals surface area (Å²) in [7, 11) is 0. The van der Waals surface area contributed by atoms with E-state index < -0.39 is 11.7 Å². The van der Waals surface area contributed by atoms with Crippen molar-refractivity contribution < 1.29 is 18.7 Å². The molecule has 2 aromatic heterocycles. The van der Waals surface area contributed by atoms with Gasteiger partial charge < -0.3 is 21.1 Å². The van der Waals surface area contributed by atoms with Crippen molar-refractivity contribution in [3.63, 3.8) is 0 Å². The molecule has 2 aromatic carbocycles. The van der Waals surface area contributed by atoms with Gasteiger partial charge in [-0.15, -0.1) is 14.8 Å². The SMILES string of the molecule is C=CC(=O)Nc1ccc(-c2nn3ncnc(N)c3c2-c2ccc(C(=O)N[C@H]3CCOC3)c(F)c2)cc1. The molecule has 2 amide bonds. The lowest BCUT2D eigenvalue weighted by Crippen LogP contribution is -2.35. The lowest BCUT2D eigenvalue weighted by molar-refractivity contribution is -0.111. The van der Waals surface area contributed by atoms with Gasteiger partial charge in [-0.25, -0.2) is 9.37 Å². The number of hydrogen-bond donors (Lipinski definition) is 3. The van der Waals surface area contributed by atoms with Crippen molar-refractivity contribution in [2.45, 2.75) is 12.5 Å². The summed E-state index contributed by atoms with van der Waals surface area (Å²) < 4.78 is 21.8. The number of carbonyl (C=O) groups is 2. The Hall–Kier alpha value is -4.64. The topological polar surface area (TPSA) is 137 Å². The summed E-state index contributed by atoms with van der Waals surface area (Å²) in [6.07, 6.45) is 3.14. The third-order valence-corrected chi connectivity index (χ3v) is 5.85. The first kappa shape index (κ1) is 23.1. The van der Waals surface area contributed by atoms with E-state index in [1.807, 2.05) is 0 Å². The summed E-state index contributed by atoms with van der Waals surface area (Å²) in [6.45, 7) is 4.41. The number of nitrogens with two attached hydrogens (primary N) is 1. The molecule has 0 unspecified atom stereocenters. The molecule has 1 atom stereocenters. The number of aromatic nitrogens is 4. The predicted octanol–water partition coefficient (Wildman–Crippen LogP) is 2.82. The molecule has 1 fully saturated rings. The Labute approximate surface area is 205 Å². The van der Waals surface area contributed by atoms with Crippen LogP contribution >= 0.6 is 0 Å². The second-order valence-corrected chi connectivity index (χ2v) is 8.21. The molecular weight excluding hydrogens is 465 g/mol. The quantitative estimate of drug-likeness (QED) is 0.356. The molecule has 0 aliphatic carbocycles. The zero-order chi connectivity index (χ0) is 25.2. The van der Waals surface area contributed by atoms with Crippen molar-refractivity contribution in [3.8, 4) is 22.4 Å². The number of amides is 2. The highest BCUT2D eigenvalue weighted by Gasteiger charge is 2.24. The fourth-order valence-electron chi connectivity index (χ4n) is 4.07. The maximum Gasteiger partial charge on any atom is 0.254 e. The van der Waals surface area contributed by atoms with Crippen molar-refractivity contribution in [3.05, 3.63) is 72.8 Å². The van der Waals surface area contributed by atoms with Crippen molar-refractivity contribution in [2.75, 3.05) is 24.3 Å². The van der Waals surface area contributed by atoms with E-state index in [4.69, 9.17) is 10.5 Å². The van der Waals surface area contributed by atoms with Gasteiger partial charge in [-0.2, -0.15) is 0 Å². The van der Waals surface area contributed by atoms with Gasteiger partial charge in [0.2, 0.25) is 5.91 Å². The lowest BCUT2D eigenvalue weighted by Gasteiger charge is -2.12. The number of anilines is 2. The van der Waals surface area contributed by atoms with E-state index in [1.54, 1.807) is 30.3 Å². The van der Waals surface area contributed by atoms with Crippen LogP contribution in [0.3, 0.4) is 0 Å². The number of halogens is 1. The van der Waals surface area contributed by atoms with Crippen molar-refractivity contribution in [2.24, 2.45) is 0 Å². The molecule has 5 rings (SSSR count). The Morgan fingerprint density at radius 2 is 1.97 bits per heavy atom. The second kappa shape index (κ2) is 9.55. The van der Waals surface area contributed by atoms with Crippen LogP contribution in [-0.4, -0.2) is 50.9 Å². The molecule has 4 aromatic rings. The zero-order valence-electron chi connectivity index (χ0n) is 19.1. The minimum Gasteiger partial charge on any atom is -0.382 e. The number of rotatable bonds is 6. The van der Waals surface area contributed by atoms with E-state index in [9.17, 15) is 9.59 Å². The molecule has 1 aliphatic rings. The molecular formula is C25H22FN7O3. The van der Waals surface area contributed by atoms with Gasteiger partial charge >= 0.3 is 0 Å². The van der Waals surface area contributed by atoms with Gasteiger partial charge in [-0.1, -0.05) is 24.8 Å². The lowest BCUT2D eigenvalue weighted by atomic mass is 9.98. The van der Waals surface area contributed by atoms with Gasteiger partial charge in [0.15, 0.2) is 5.82 Å². The smallest absolute Gasteiger partial charge is 0.254 e. The summed E-state index contributed by atoms with van der Waals surface area (Å²) in [6, 6.07) is 11.1. The fourth-order valence-corrected chi connectivity index (χ4v) is 4.07. The third kappa shape index (κ3) is 4.39. The molecule has 0 spiro atoms. The largest absolute Gasteiger partial charge is 0.382 e. The van der Waals surface area contributed by atoms with E-state index in [0.29, 0.717) is 53.2 Å². The summed E-state index contributed by atoms with van der Waals surface area (Å²) in [4.78, 5) is 28.3. The Bertz CT molecular complexity index is 1480. The number of fused-ring (bicyclic) bond motifs is 1. The maximum absolute atomic E-state index is 15.2. The molecule has 0 saturated carbocycles. The van der Waals surface area contributed by atoms with Crippen LogP contribution in [0.15, 0.2) is 61.4 Å². The molecule has 36 heavy (non-hydrogen) atoms. The van der Waals surface area contributed by atoms with Gasteiger partial charge in [0.1, 0.15) is 23.4 Å². The minimum absolute atomic E-state index is 0.0739. The Morgan fingerprint density at radius 3 is 2.67 bits per heavy atom. The van der Waals surface area contributed by atoms with Gasteiger partial charge in [0.05, 0.1) is 18.2 Å². The van der Waals surface area contributed by atoms with E-state index in [0.717, 1.165) is 0 Å². The van der Waals surface area contributed by atoms with Gasteiger partial charge in [-0.05, 0) is 42.3 Å². The number of nitrogen functional groups attached to an aromatic ring is 1. The minimum atomic E-state index is -0.688. The van der Waals surface area contributed by atoms with Gasteiger partial charge in [0, 0.05) is 23.4 Å². The van der Waals surface area contributed by atoms with E-state index in [2.05, 4.69) is 32.4 Å². The summed E-state index contributed by atoms with van der Waals surface area (Å²) >= 11 is 0. The molecule has 11 heteroatoms. The summed E-state index contributed by atoms with van der Waals surface area (Å²) in [5.74, 6) is -1.36. The van der Waals surface area contributed by atoms with Crippen molar-refractivity contribution >= 4 is 28.8 Å². The van der Waals surface area contributed by atoms with Crippen molar-refractivity contribution in [1.29, 1.82) is 0 Å². The molecule has 182 valence electrons. The highest BCUT2D eigenvalue weighted by molar-refractivity contribution is 6.00. The Kier molecular flexibility index (Phi) is 6.13. The predicted molar refractivity (Wildman–Crippen MR) is 132 cm³/mol. The van der Waals surface area contributed by atoms with Crippen LogP contribution in [0, 0.1) is 5.82 Å². The Morgan fingerprint density at radius 1 is 1.19 bits per heavy atom. The monoisotopic (exact) mass is 487 g/mol. The normalized spacial score (nSPS) is 15.1. The molecule has 0 radical (unpaired) electrons. The first-order valence-corrected chi connectivity index (χ1v) is 11.2. The standard InChI is InChI=1S/C25H22FN7O3/c1-2-20(34)30-16-6-3-14(4-7-16)22-21(23-24(27)28-13-29-33(23)32-22)15-5-8-18(19(26)11-15)25(35)31-17-9-10-36-12-17/h2-8,11,13,17H,1,9-10,12H2,(H,30,34)(H,31,35)(H2,27,28,29)/t17-/m0/s1. The molecule has 0 bridgehead atoms. The first-order valence-electron chi connectivity index (χ1n) is 11.2. The van der Waals surface area contributed by atoms with Crippen LogP contribution in [-0.2, 0) is 9.53 Å². The average Bonchev–Trinajstić information content (AvgIpc) is 3.53. The number of nitrogens with one attached hydrogen (secondary N) is 2. The van der Waals surface area contributed by atoms with Crippen molar-refractivity contribution in [1.82, 2.24) is 25.1 Å². The van der Waals surface area contributed by atoms with E-state index in [1.165, 1.54) is 29.2 Å². The van der Waals surface area contributed by atoms with Gasteiger partial charge in [0.25, 0.3) is 5.91 Å². The van der Waals surface area contributed by atoms with Crippen LogP contribution in [0.4, 0.5) is 15.9 Å². The number of hydrogen-bond acceptors (Lipinski definition) is 7. The van der Waals surface area contributed by atoms with E-state index in [-0.39, 0.29) is 23.3 Å². The summed E-state index contributed by atoms with van der Waals surface area (Å²) in [5.41, 5.74) is 9.15. The number of carbonyl (C=O) groups excluding carboxylic acids is 2. The van der Waals surface area contributed by atoms with Crippen LogP contribution in [0.1, 0.15) is 16.8 Å². The first-order chi connectivity index (χ1) is 17.4. The highest BCUT2D eigenvalue weighted by atomic mass is 19.1. The zero-order valence-corrected chi connectivity index (χ0v) is 19.1. The molecule has 1 saturated heterocycles. The number of ether oxygens (including phenoxy) is 1. The molecule has 4 N–H and O–H groups in total. The van der Waals surface area contributed by atoms with Crippen LogP contribution < -0.4 is 16.4 Å². The number of nitrogens with zero attached hydrogens (tertiary/aromatic N) is 4.